The van der Waals surface area contributed by atoms with Crippen molar-refractivity contribution < 1.29 is 0 Å². The molecule has 0 aromatic heterocycles. The Labute approximate surface area is 153 Å². The summed E-state index contributed by atoms with van der Waals surface area (Å²) in [4.78, 5) is 0. The lowest BCUT2D eigenvalue weighted by molar-refractivity contribution is 0.471. The van der Waals surface area contributed by atoms with Crippen LogP contribution < -0.4 is 10.6 Å². The Morgan fingerprint density at radius 2 is 1.12 bits per heavy atom. The van der Waals surface area contributed by atoms with Crippen molar-refractivity contribution in [3.05, 3.63) is 58.7 Å². The Bertz CT molecular complexity index is 693. The van der Waals surface area contributed by atoms with Gasteiger partial charge in [-0.05, 0) is 59.3 Å². The summed E-state index contributed by atoms with van der Waals surface area (Å²) in [5.74, 6) is 1.09. The minimum absolute atomic E-state index is 0.00995. The highest BCUT2D eigenvalue weighted by atomic mass is 14.9. The molecule has 2 aromatic rings. The van der Waals surface area contributed by atoms with Gasteiger partial charge in [0.2, 0.25) is 0 Å². The third-order valence-electron chi connectivity index (χ3n) is 5.70. The molecule has 134 valence electrons. The first-order valence-electron chi connectivity index (χ1n) is 9.53. The van der Waals surface area contributed by atoms with Crippen LogP contribution in [0.1, 0.15) is 61.8 Å². The van der Waals surface area contributed by atoms with Crippen molar-refractivity contribution >= 4 is 0 Å². The summed E-state index contributed by atoms with van der Waals surface area (Å²) in [6.07, 6.45) is 0. The van der Waals surface area contributed by atoms with E-state index in [1.807, 2.05) is 0 Å². The maximum atomic E-state index is 3.47. The Kier molecular flexibility index (Phi) is 5.04. The van der Waals surface area contributed by atoms with Gasteiger partial charge in [0.25, 0.3) is 0 Å². The van der Waals surface area contributed by atoms with Crippen LogP contribution in [0.3, 0.4) is 0 Å². The standard InChI is InChI=1S/C23H32N2/c1-15(2)17-7-9-19-20-10-8-18(16(3)4)12-22(20)23(13-24-5,14-25-6)21(19)11-17/h7-12,15-16,24-25H,13-14H2,1-6H3. The number of hydrogen-bond acceptors (Lipinski definition) is 2. The summed E-state index contributed by atoms with van der Waals surface area (Å²) < 4.78 is 0. The van der Waals surface area contributed by atoms with Crippen LogP contribution in [-0.2, 0) is 5.41 Å². The Morgan fingerprint density at radius 1 is 0.720 bits per heavy atom. The summed E-state index contributed by atoms with van der Waals surface area (Å²) in [5.41, 5.74) is 8.58. The molecular weight excluding hydrogens is 304 g/mol. The second-order valence-electron chi connectivity index (χ2n) is 8.06. The molecule has 0 amide bonds. The van der Waals surface area contributed by atoms with Gasteiger partial charge in [-0.15, -0.1) is 0 Å². The molecule has 0 heterocycles. The van der Waals surface area contributed by atoms with Crippen molar-refractivity contribution in [3.8, 4) is 11.1 Å². The number of rotatable bonds is 6. The van der Waals surface area contributed by atoms with E-state index < -0.39 is 0 Å². The average molecular weight is 337 g/mol. The topological polar surface area (TPSA) is 24.1 Å². The van der Waals surface area contributed by atoms with Gasteiger partial charge >= 0.3 is 0 Å². The fraction of sp³-hybridized carbons (Fsp3) is 0.478. The largest absolute Gasteiger partial charge is 0.318 e. The smallest absolute Gasteiger partial charge is 0.0463 e. The highest BCUT2D eigenvalue weighted by Crippen LogP contribution is 2.50. The fourth-order valence-corrected chi connectivity index (χ4v) is 4.30. The van der Waals surface area contributed by atoms with E-state index in [4.69, 9.17) is 0 Å². The van der Waals surface area contributed by atoms with E-state index in [1.165, 1.54) is 33.4 Å². The summed E-state index contributed by atoms with van der Waals surface area (Å²) in [6, 6.07) is 14.2. The van der Waals surface area contributed by atoms with Crippen LogP contribution in [0.15, 0.2) is 36.4 Å². The zero-order valence-electron chi connectivity index (χ0n) is 16.5. The summed E-state index contributed by atoms with van der Waals surface area (Å²) in [7, 11) is 4.13. The Hall–Kier alpha value is -1.64. The number of nitrogens with one attached hydrogen (secondary N) is 2. The lowest BCUT2D eigenvalue weighted by Crippen LogP contribution is -2.44. The average Bonchev–Trinajstić information content (AvgIpc) is 2.85. The van der Waals surface area contributed by atoms with Gasteiger partial charge in [0, 0.05) is 18.5 Å². The zero-order valence-corrected chi connectivity index (χ0v) is 16.5. The molecule has 2 heteroatoms. The highest BCUT2D eigenvalue weighted by molar-refractivity contribution is 5.82. The predicted octanol–water partition coefficient (Wildman–Crippen LogP) is 4.64. The minimum Gasteiger partial charge on any atom is -0.318 e. The van der Waals surface area contributed by atoms with Crippen molar-refractivity contribution in [1.29, 1.82) is 0 Å². The molecule has 0 bridgehead atoms. The van der Waals surface area contributed by atoms with Gasteiger partial charge in [0.1, 0.15) is 0 Å². The molecule has 0 saturated heterocycles. The third-order valence-corrected chi connectivity index (χ3v) is 5.70. The molecule has 3 rings (SSSR count). The second-order valence-corrected chi connectivity index (χ2v) is 8.06. The van der Waals surface area contributed by atoms with Crippen LogP contribution in [0.25, 0.3) is 11.1 Å². The van der Waals surface area contributed by atoms with Crippen LogP contribution in [0.4, 0.5) is 0 Å². The number of hydrogen-bond donors (Lipinski definition) is 2. The van der Waals surface area contributed by atoms with E-state index in [1.54, 1.807) is 0 Å². The van der Waals surface area contributed by atoms with Crippen LogP contribution in [0.2, 0.25) is 0 Å². The molecule has 1 aliphatic rings. The molecule has 0 fully saturated rings. The van der Waals surface area contributed by atoms with Crippen molar-refractivity contribution in [1.82, 2.24) is 10.6 Å². The minimum atomic E-state index is -0.00995. The first kappa shape index (κ1) is 18.2. The SMILES string of the molecule is CNCC1(CNC)c2cc(C(C)C)ccc2-c2ccc(C(C)C)cc21. The monoisotopic (exact) mass is 336 g/mol. The molecule has 2 aromatic carbocycles. The molecule has 0 radical (unpaired) electrons. The molecule has 2 nitrogen and oxygen atoms in total. The predicted molar refractivity (Wildman–Crippen MR) is 109 cm³/mol. The molecule has 0 saturated carbocycles. The van der Waals surface area contributed by atoms with Gasteiger partial charge in [-0.2, -0.15) is 0 Å². The van der Waals surface area contributed by atoms with Gasteiger partial charge in [0.05, 0.1) is 0 Å². The lowest BCUT2D eigenvalue weighted by atomic mass is 9.76. The fourth-order valence-electron chi connectivity index (χ4n) is 4.30. The van der Waals surface area contributed by atoms with Gasteiger partial charge < -0.3 is 10.6 Å². The van der Waals surface area contributed by atoms with Crippen LogP contribution in [-0.4, -0.2) is 27.2 Å². The van der Waals surface area contributed by atoms with Gasteiger partial charge in [0.15, 0.2) is 0 Å². The molecule has 25 heavy (non-hydrogen) atoms. The van der Waals surface area contributed by atoms with Gasteiger partial charge in [-0.3, -0.25) is 0 Å². The second kappa shape index (κ2) is 6.93. The first-order chi connectivity index (χ1) is 11.9. The zero-order chi connectivity index (χ0) is 18.2. The van der Waals surface area contributed by atoms with E-state index in [0.717, 1.165) is 13.1 Å². The Morgan fingerprint density at radius 3 is 1.44 bits per heavy atom. The number of benzene rings is 2. The molecular formula is C23H32N2. The van der Waals surface area contributed by atoms with Crippen LogP contribution in [0.5, 0.6) is 0 Å². The molecule has 0 unspecified atom stereocenters. The maximum Gasteiger partial charge on any atom is 0.0463 e. The van der Waals surface area contributed by atoms with Crippen LogP contribution in [0, 0.1) is 0 Å². The van der Waals surface area contributed by atoms with E-state index in [9.17, 15) is 0 Å². The molecule has 0 spiro atoms. The van der Waals surface area contributed by atoms with Crippen molar-refractivity contribution in [2.75, 3.05) is 27.2 Å². The van der Waals surface area contributed by atoms with E-state index in [0.29, 0.717) is 11.8 Å². The van der Waals surface area contributed by atoms with Crippen LogP contribution >= 0.6 is 0 Å². The van der Waals surface area contributed by atoms with E-state index in [2.05, 4.69) is 88.8 Å². The van der Waals surface area contributed by atoms with Gasteiger partial charge in [-0.25, -0.2) is 0 Å². The number of fused-ring (bicyclic) bond motifs is 3. The van der Waals surface area contributed by atoms with Crippen molar-refractivity contribution in [2.24, 2.45) is 0 Å². The highest BCUT2D eigenvalue weighted by Gasteiger charge is 2.42. The normalized spacial score (nSPS) is 14.9. The van der Waals surface area contributed by atoms with Crippen molar-refractivity contribution in [3.63, 3.8) is 0 Å². The molecule has 0 aliphatic heterocycles. The third kappa shape index (κ3) is 2.92. The van der Waals surface area contributed by atoms with E-state index in [-0.39, 0.29) is 5.41 Å². The lowest BCUT2D eigenvalue weighted by Gasteiger charge is -2.33. The molecule has 1 aliphatic carbocycles. The number of likely N-dealkylation sites (N-methyl/N-ethyl adjacent to an activating group) is 2. The Balaban J connectivity index is 2.28. The summed E-state index contributed by atoms with van der Waals surface area (Å²) >= 11 is 0. The quantitative estimate of drug-likeness (QED) is 0.803. The summed E-state index contributed by atoms with van der Waals surface area (Å²) in [6.45, 7) is 11.0. The van der Waals surface area contributed by atoms with Crippen molar-refractivity contribution in [2.45, 2.75) is 44.9 Å². The summed E-state index contributed by atoms with van der Waals surface area (Å²) in [5, 5.41) is 6.95. The first-order valence-corrected chi connectivity index (χ1v) is 9.53. The van der Waals surface area contributed by atoms with E-state index >= 15 is 0 Å². The molecule has 2 N–H and O–H groups in total. The maximum absolute atomic E-state index is 3.47. The molecule has 0 atom stereocenters. The van der Waals surface area contributed by atoms with Gasteiger partial charge in [-0.1, -0.05) is 64.1 Å².